The second kappa shape index (κ2) is 10.6. The Morgan fingerprint density at radius 2 is 1.86 bits per heavy atom. The van der Waals surface area contributed by atoms with Crippen LogP contribution in [-0.2, 0) is 16.0 Å². The second-order valence-electron chi connectivity index (χ2n) is 4.13. The van der Waals surface area contributed by atoms with Crippen LogP contribution in [-0.4, -0.2) is 18.9 Å². The Hall–Kier alpha value is -1.16. The number of halogens is 1. The fraction of sp³-hybridized carbons (Fsp3) is 0.529. The van der Waals surface area contributed by atoms with Gasteiger partial charge in [0, 0.05) is 10.0 Å². The van der Waals surface area contributed by atoms with E-state index in [0.29, 0.717) is 12.0 Å². The van der Waals surface area contributed by atoms with Crippen molar-refractivity contribution in [2.75, 3.05) is 7.11 Å². The third-order valence-electron chi connectivity index (χ3n) is 3.08. The van der Waals surface area contributed by atoms with Gasteiger partial charge < -0.3 is 4.74 Å². The highest BCUT2D eigenvalue weighted by atomic mass is 79.9. The molecule has 0 bridgehead atoms. The quantitative estimate of drug-likeness (QED) is 0.412. The van der Waals surface area contributed by atoms with E-state index in [1.165, 1.54) is 7.11 Å². The standard InChI is InChI=1S/C13H13BrO3.2C2H6/c1-17-13(16)10-4-2-3-8-5-6-9(14)7-11(8)12(10)15;2*1-2/h5-7,10H,2-4H2,1H3;2*1-2H3. The Morgan fingerprint density at radius 3 is 2.43 bits per heavy atom. The summed E-state index contributed by atoms with van der Waals surface area (Å²) in [4.78, 5) is 23.8. The number of ketones is 1. The van der Waals surface area contributed by atoms with Crippen LogP contribution in [0.4, 0.5) is 0 Å². The van der Waals surface area contributed by atoms with Gasteiger partial charge in [0.05, 0.1) is 7.11 Å². The molecule has 2 rings (SSSR count). The molecule has 118 valence electrons. The minimum Gasteiger partial charge on any atom is -0.468 e. The summed E-state index contributed by atoms with van der Waals surface area (Å²) in [5, 5.41) is 0. The molecule has 0 saturated carbocycles. The lowest BCUT2D eigenvalue weighted by molar-refractivity contribution is -0.143. The van der Waals surface area contributed by atoms with E-state index < -0.39 is 11.9 Å². The van der Waals surface area contributed by atoms with Crippen molar-refractivity contribution in [3.8, 4) is 0 Å². The first-order chi connectivity index (χ1) is 10.1. The molecular weight excluding hydrogens is 332 g/mol. The van der Waals surface area contributed by atoms with Gasteiger partial charge in [-0.1, -0.05) is 49.7 Å². The molecule has 3 nitrogen and oxygen atoms in total. The predicted octanol–water partition coefficient (Wildman–Crippen LogP) is 4.81. The second-order valence-corrected chi connectivity index (χ2v) is 5.05. The maximum Gasteiger partial charge on any atom is 0.316 e. The summed E-state index contributed by atoms with van der Waals surface area (Å²) in [5.74, 6) is -1.19. The molecule has 0 spiro atoms. The van der Waals surface area contributed by atoms with E-state index in [1.54, 1.807) is 6.07 Å². The zero-order chi connectivity index (χ0) is 16.4. The Bertz CT molecular complexity index is 469. The molecule has 1 unspecified atom stereocenters. The summed E-state index contributed by atoms with van der Waals surface area (Å²) in [5.41, 5.74) is 1.66. The Morgan fingerprint density at radius 1 is 1.24 bits per heavy atom. The monoisotopic (exact) mass is 356 g/mol. The van der Waals surface area contributed by atoms with Crippen molar-refractivity contribution in [1.82, 2.24) is 0 Å². The molecule has 1 atom stereocenters. The number of carbonyl (C=O) groups excluding carboxylic acids is 2. The Kier molecular flexibility index (Phi) is 9.97. The molecule has 4 heteroatoms. The van der Waals surface area contributed by atoms with Gasteiger partial charge >= 0.3 is 5.97 Å². The molecular formula is C17H25BrO3. The average molecular weight is 357 g/mol. The van der Waals surface area contributed by atoms with Gasteiger partial charge in [0.1, 0.15) is 5.92 Å². The number of esters is 1. The third kappa shape index (κ3) is 5.27. The predicted molar refractivity (Wildman–Crippen MR) is 89.6 cm³/mol. The lowest BCUT2D eigenvalue weighted by Crippen LogP contribution is -2.24. The molecule has 0 fully saturated rings. The minimum absolute atomic E-state index is 0.120. The first-order valence-electron chi connectivity index (χ1n) is 7.54. The molecule has 21 heavy (non-hydrogen) atoms. The lowest BCUT2D eigenvalue weighted by Gasteiger charge is -2.11. The van der Waals surface area contributed by atoms with Gasteiger partial charge in [-0.25, -0.2) is 0 Å². The summed E-state index contributed by atoms with van der Waals surface area (Å²) in [7, 11) is 1.32. The SMILES string of the molecule is CC.CC.COC(=O)C1CCCc2ccc(Br)cc2C1=O. The topological polar surface area (TPSA) is 43.4 Å². The molecule has 1 aromatic rings. The van der Waals surface area contributed by atoms with Gasteiger partial charge in [0.25, 0.3) is 0 Å². The molecule has 0 N–H and O–H groups in total. The van der Waals surface area contributed by atoms with Gasteiger partial charge in [-0.2, -0.15) is 0 Å². The van der Waals surface area contributed by atoms with Gasteiger partial charge in [0.15, 0.2) is 5.78 Å². The highest BCUT2D eigenvalue weighted by molar-refractivity contribution is 9.10. The van der Waals surface area contributed by atoms with Crippen molar-refractivity contribution >= 4 is 27.7 Å². The zero-order valence-corrected chi connectivity index (χ0v) is 15.1. The summed E-state index contributed by atoms with van der Waals surface area (Å²) in [6.07, 6.45) is 2.24. The van der Waals surface area contributed by atoms with Gasteiger partial charge in [0.2, 0.25) is 0 Å². The largest absolute Gasteiger partial charge is 0.468 e. The first kappa shape index (κ1) is 19.8. The number of Topliss-reactive ketones (excluding diaryl/α,β-unsaturated/α-hetero) is 1. The van der Waals surface area contributed by atoms with Gasteiger partial charge in [-0.3, -0.25) is 9.59 Å². The Labute approximate surface area is 136 Å². The van der Waals surface area contributed by atoms with Crippen molar-refractivity contribution in [1.29, 1.82) is 0 Å². The van der Waals surface area contributed by atoms with E-state index >= 15 is 0 Å². The van der Waals surface area contributed by atoms with Crippen molar-refractivity contribution in [2.24, 2.45) is 5.92 Å². The van der Waals surface area contributed by atoms with Crippen molar-refractivity contribution in [3.63, 3.8) is 0 Å². The fourth-order valence-corrected chi connectivity index (χ4v) is 2.54. The maximum atomic E-state index is 12.3. The van der Waals surface area contributed by atoms with Crippen LogP contribution in [0.25, 0.3) is 0 Å². The number of hydrogen-bond acceptors (Lipinski definition) is 3. The number of carbonyl (C=O) groups is 2. The van der Waals surface area contributed by atoms with E-state index in [1.807, 2.05) is 39.8 Å². The van der Waals surface area contributed by atoms with Crippen molar-refractivity contribution in [3.05, 3.63) is 33.8 Å². The van der Waals surface area contributed by atoms with Crippen LogP contribution >= 0.6 is 15.9 Å². The highest BCUT2D eigenvalue weighted by Crippen LogP contribution is 2.27. The first-order valence-corrected chi connectivity index (χ1v) is 8.33. The van der Waals surface area contributed by atoms with Crippen LogP contribution in [0.5, 0.6) is 0 Å². The van der Waals surface area contributed by atoms with Gasteiger partial charge in [-0.05, 0) is 37.0 Å². The highest BCUT2D eigenvalue weighted by Gasteiger charge is 2.31. The van der Waals surface area contributed by atoms with Gasteiger partial charge in [-0.15, -0.1) is 0 Å². The third-order valence-corrected chi connectivity index (χ3v) is 3.57. The van der Waals surface area contributed by atoms with E-state index in [2.05, 4.69) is 20.7 Å². The summed E-state index contributed by atoms with van der Waals surface area (Å²) >= 11 is 3.35. The number of fused-ring (bicyclic) bond motifs is 1. The molecule has 0 aliphatic heterocycles. The van der Waals surface area contributed by atoms with Crippen LogP contribution in [0.1, 0.15) is 56.5 Å². The molecule has 1 aliphatic carbocycles. The molecule has 0 saturated heterocycles. The number of benzene rings is 1. The number of methoxy groups -OCH3 is 1. The number of rotatable bonds is 1. The van der Waals surface area contributed by atoms with Crippen molar-refractivity contribution in [2.45, 2.75) is 47.0 Å². The van der Waals surface area contributed by atoms with Crippen LogP contribution in [0.3, 0.4) is 0 Å². The Balaban J connectivity index is 0.000000921. The van der Waals surface area contributed by atoms with Crippen molar-refractivity contribution < 1.29 is 14.3 Å². The number of ether oxygens (including phenoxy) is 1. The average Bonchev–Trinajstić information content (AvgIpc) is 2.70. The maximum absolute atomic E-state index is 12.3. The van der Waals surface area contributed by atoms with E-state index in [4.69, 9.17) is 0 Å². The van der Waals surface area contributed by atoms with E-state index in [9.17, 15) is 9.59 Å². The fourth-order valence-electron chi connectivity index (χ4n) is 2.18. The minimum atomic E-state index is -0.643. The normalized spacial score (nSPS) is 16.3. The van der Waals surface area contributed by atoms with E-state index in [-0.39, 0.29) is 5.78 Å². The van der Waals surface area contributed by atoms with Crippen LogP contribution < -0.4 is 0 Å². The number of aryl methyl sites for hydroxylation is 1. The number of hydrogen-bond donors (Lipinski definition) is 0. The summed E-state index contributed by atoms with van der Waals surface area (Å²) in [6, 6.07) is 5.65. The smallest absolute Gasteiger partial charge is 0.316 e. The molecule has 1 aromatic carbocycles. The van der Waals surface area contributed by atoms with Crippen LogP contribution in [0, 0.1) is 5.92 Å². The molecule has 0 amide bonds. The van der Waals surface area contributed by atoms with Crippen LogP contribution in [0.2, 0.25) is 0 Å². The lowest BCUT2D eigenvalue weighted by atomic mass is 9.95. The summed E-state index contributed by atoms with van der Waals surface area (Å²) < 4.78 is 5.55. The van der Waals surface area contributed by atoms with Crippen LogP contribution in [0.15, 0.2) is 22.7 Å². The zero-order valence-electron chi connectivity index (χ0n) is 13.5. The molecule has 0 heterocycles. The molecule has 0 aromatic heterocycles. The van der Waals surface area contributed by atoms with E-state index in [0.717, 1.165) is 22.9 Å². The molecule has 1 aliphatic rings. The summed E-state index contributed by atoms with van der Waals surface area (Å²) in [6.45, 7) is 8.00. The molecule has 0 radical (unpaired) electrons.